The highest BCUT2D eigenvalue weighted by molar-refractivity contribution is 6.32. The number of amides is 1. The molecule has 0 radical (unpaired) electrons. The number of hydrogen-bond acceptors (Lipinski definition) is 5. The van der Waals surface area contributed by atoms with Gasteiger partial charge in [-0.2, -0.15) is 5.26 Å². The number of ether oxygens (including phenoxy) is 3. The van der Waals surface area contributed by atoms with E-state index in [4.69, 9.17) is 32.2 Å². The van der Waals surface area contributed by atoms with E-state index in [2.05, 4.69) is 11.2 Å². The van der Waals surface area contributed by atoms with Crippen LogP contribution in [0.2, 0.25) is 5.02 Å². The predicted molar refractivity (Wildman–Crippen MR) is 108 cm³/mol. The maximum Gasteiger partial charge on any atom is 0.266 e. The molecule has 0 saturated carbocycles. The maximum absolute atomic E-state index is 12.4. The summed E-state index contributed by atoms with van der Waals surface area (Å²) in [6.45, 7) is 0.0268. The van der Waals surface area contributed by atoms with E-state index in [1.807, 2.05) is 6.07 Å². The summed E-state index contributed by atoms with van der Waals surface area (Å²) in [5.74, 6) is 3.07. The van der Waals surface area contributed by atoms with Crippen LogP contribution in [0.3, 0.4) is 0 Å². The quantitative estimate of drug-likeness (QED) is 0.436. The number of carbonyl (C=O) groups is 1. The Bertz CT molecular complexity index is 970. The van der Waals surface area contributed by atoms with Gasteiger partial charge in [0.25, 0.3) is 5.91 Å². The normalized spacial score (nSPS) is 10.4. The second-order valence-electron chi connectivity index (χ2n) is 5.38. The third-order valence-electron chi connectivity index (χ3n) is 3.58. The van der Waals surface area contributed by atoms with Gasteiger partial charge in [0.2, 0.25) is 0 Å². The molecule has 0 aliphatic carbocycles. The van der Waals surface area contributed by atoms with Crippen LogP contribution in [0, 0.1) is 23.7 Å². The van der Waals surface area contributed by atoms with Crippen LogP contribution in [0.1, 0.15) is 5.56 Å². The molecule has 0 fully saturated rings. The van der Waals surface area contributed by atoms with Crippen LogP contribution in [-0.2, 0) is 4.79 Å². The molecular formula is C21H17ClN2O4. The largest absolute Gasteiger partial charge is 0.497 e. The lowest BCUT2D eigenvalue weighted by Crippen LogP contribution is -2.13. The number of carbonyl (C=O) groups excluding carboxylic acids is 1. The van der Waals surface area contributed by atoms with Gasteiger partial charge in [0.05, 0.1) is 19.2 Å². The summed E-state index contributed by atoms with van der Waals surface area (Å²) >= 11 is 6.22. The van der Waals surface area contributed by atoms with Crippen molar-refractivity contribution < 1.29 is 19.0 Å². The standard InChI is InChI=1S/C21H17ClN2O4/c1-4-9-28-20-18(22)11-14(12-19(20)27-3)10-15(13-23)21(25)24-16-5-7-17(26-2)8-6-16/h1,5-8,10-12H,9H2,2-3H3,(H,24,25)/b15-10+. The molecule has 0 saturated heterocycles. The van der Waals surface area contributed by atoms with E-state index in [1.54, 1.807) is 43.5 Å². The average Bonchev–Trinajstić information content (AvgIpc) is 2.71. The molecule has 7 heteroatoms. The first kappa shape index (κ1) is 20.7. The number of nitrogens with zero attached hydrogens (tertiary/aromatic N) is 1. The zero-order valence-electron chi connectivity index (χ0n) is 15.3. The fourth-order valence-corrected chi connectivity index (χ4v) is 2.54. The number of nitrogens with one attached hydrogen (secondary N) is 1. The van der Waals surface area contributed by atoms with Crippen molar-refractivity contribution in [3.63, 3.8) is 0 Å². The Morgan fingerprint density at radius 3 is 2.54 bits per heavy atom. The van der Waals surface area contributed by atoms with Gasteiger partial charge in [-0.25, -0.2) is 0 Å². The number of nitriles is 1. The monoisotopic (exact) mass is 396 g/mol. The Kier molecular flexibility index (Phi) is 7.33. The van der Waals surface area contributed by atoms with E-state index in [0.29, 0.717) is 28.5 Å². The van der Waals surface area contributed by atoms with Crippen LogP contribution in [0.5, 0.6) is 17.2 Å². The van der Waals surface area contributed by atoms with Gasteiger partial charge in [-0.05, 0) is 48.0 Å². The van der Waals surface area contributed by atoms with Gasteiger partial charge in [0.1, 0.15) is 24.0 Å². The molecular weight excluding hydrogens is 380 g/mol. The van der Waals surface area contributed by atoms with E-state index < -0.39 is 5.91 Å². The van der Waals surface area contributed by atoms with Gasteiger partial charge in [-0.15, -0.1) is 6.42 Å². The van der Waals surface area contributed by atoms with Crippen molar-refractivity contribution in [1.29, 1.82) is 5.26 Å². The lowest BCUT2D eigenvalue weighted by Gasteiger charge is -2.12. The fraction of sp³-hybridized carbons (Fsp3) is 0.143. The number of hydrogen-bond donors (Lipinski definition) is 1. The molecule has 2 rings (SSSR count). The van der Waals surface area contributed by atoms with Gasteiger partial charge in [-0.3, -0.25) is 4.79 Å². The summed E-state index contributed by atoms with van der Waals surface area (Å²) < 4.78 is 15.7. The Morgan fingerprint density at radius 1 is 1.25 bits per heavy atom. The molecule has 6 nitrogen and oxygen atoms in total. The number of terminal acetylenes is 1. The van der Waals surface area contributed by atoms with Crippen LogP contribution in [0.25, 0.3) is 6.08 Å². The Morgan fingerprint density at radius 2 is 1.96 bits per heavy atom. The van der Waals surface area contributed by atoms with E-state index in [-0.39, 0.29) is 17.2 Å². The molecule has 0 aliphatic rings. The van der Waals surface area contributed by atoms with Crippen molar-refractivity contribution >= 4 is 29.3 Å². The van der Waals surface area contributed by atoms with Crippen LogP contribution in [0.4, 0.5) is 5.69 Å². The van der Waals surface area contributed by atoms with Crippen LogP contribution in [-0.4, -0.2) is 26.7 Å². The third-order valence-corrected chi connectivity index (χ3v) is 3.86. The van der Waals surface area contributed by atoms with Crippen molar-refractivity contribution in [3.05, 3.63) is 52.6 Å². The van der Waals surface area contributed by atoms with Crippen molar-refractivity contribution in [2.75, 3.05) is 26.1 Å². The highest BCUT2D eigenvalue weighted by Gasteiger charge is 2.14. The molecule has 0 atom stereocenters. The van der Waals surface area contributed by atoms with Crippen molar-refractivity contribution in [2.45, 2.75) is 0 Å². The highest BCUT2D eigenvalue weighted by atomic mass is 35.5. The van der Waals surface area contributed by atoms with E-state index in [9.17, 15) is 10.1 Å². The van der Waals surface area contributed by atoms with Crippen LogP contribution in [0.15, 0.2) is 42.0 Å². The van der Waals surface area contributed by atoms with Gasteiger partial charge >= 0.3 is 0 Å². The Labute approximate surface area is 168 Å². The number of methoxy groups -OCH3 is 2. The molecule has 2 aromatic rings. The van der Waals surface area contributed by atoms with Gasteiger partial charge in [0.15, 0.2) is 11.5 Å². The van der Waals surface area contributed by atoms with Gasteiger partial charge < -0.3 is 19.5 Å². The van der Waals surface area contributed by atoms with Crippen molar-refractivity contribution in [2.24, 2.45) is 0 Å². The lowest BCUT2D eigenvalue weighted by atomic mass is 10.1. The Balaban J connectivity index is 2.27. The minimum Gasteiger partial charge on any atom is -0.497 e. The molecule has 0 bridgehead atoms. The molecule has 0 heterocycles. The van der Waals surface area contributed by atoms with Gasteiger partial charge in [0, 0.05) is 5.69 Å². The van der Waals surface area contributed by atoms with Crippen molar-refractivity contribution in [3.8, 4) is 35.7 Å². The molecule has 2 aromatic carbocycles. The number of halogens is 1. The van der Waals surface area contributed by atoms with E-state index in [1.165, 1.54) is 13.2 Å². The summed E-state index contributed by atoms with van der Waals surface area (Å²) in [6, 6.07) is 11.8. The van der Waals surface area contributed by atoms with Gasteiger partial charge in [-0.1, -0.05) is 17.5 Å². The predicted octanol–water partition coefficient (Wildman–Crippen LogP) is 3.91. The number of anilines is 1. The van der Waals surface area contributed by atoms with E-state index in [0.717, 1.165) is 0 Å². The molecule has 0 aliphatic heterocycles. The first-order chi connectivity index (χ1) is 13.5. The molecule has 142 valence electrons. The lowest BCUT2D eigenvalue weighted by molar-refractivity contribution is -0.112. The number of benzene rings is 2. The Hall–Kier alpha value is -3.61. The zero-order chi connectivity index (χ0) is 20.5. The summed E-state index contributed by atoms with van der Waals surface area (Å²) in [4.78, 5) is 12.4. The second kappa shape index (κ2) is 9.91. The highest BCUT2D eigenvalue weighted by Crippen LogP contribution is 2.37. The molecule has 1 N–H and O–H groups in total. The number of rotatable bonds is 7. The second-order valence-corrected chi connectivity index (χ2v) is 5.79. The molecule has 0 spiro atoms. The first-order valence-corrected chi connectivity index (χ1v) is 8.41. The minimum atomic E-state index is -0.560. The molecule has 0 unspecified atom stereocenters. The zero-order valence-corrected chi connectivity index (χ0v) is 16.0. The SMILES string of the molecule is C#CCOc1c(Cl)cc(/C=C(\C#N)C(=O)Nc2ccc(OC)cc2)cc1OC. The third kappa shape index (κ3) is 5.20. The van der Waals surface area contributed by atoms with Crippen molar-refractivity contribution in [1.82, 2.24) is 0 Å². The smallest absolute Gasteiger partial charge is 0.266 e. The molecule has 28 heavy (non-hydrogen) atoms. The molecule has 0 aromatic heterocycles. The summed E-state index contributed by atoms with van der Waals surface area (Å²) in [5, 5.41) is 12.3. The van der Waals surface area contributed by atoms with E-state index >= 15 is 0 Å². The summed E-state index contributed by atoms with van der Waals surface area (Å²) in [5.41, 5.74) is 0.920. The van der Waals surface area contributed by atoms with Crippen LogP contribution < -0.4 is 19.5 Å². The average molecular weight is 397 g/mol. The fourth-order valence-electron chi connectivity index (χ4n) is 2.27. The summed E-state index contributed by atoms with van der Waals surface area (Å²) in [7, 11) is 3.00. The van der Waals surface area contributed by atoms with Crippen LogP contribution >= 0.6 is 11.6 Å². The first-order valence-electron chi connectivity index (χ1n) is 8.03. The summed E-state index contributed by atoms with van der Waals surface area (Å²) in [6.07, 6.45) is 6.59. The topological polar surface area (TPSA) is 80.6 Å². The maximum atomic E-state index is 12.4. The molecule has 1 amide bonds. The minimum absolute atomic E-state index is 0.0268.